The molecule has 98 valence electrons. The smallest absolute Gasteiger partial charge is 0.258 e. The van der Waals surface area contributed by atoms with Crippen molar-refractivity contribution in [3.8, 4) is 5.88 Å². The van der Waals surface area contributed by atoms with Crippen LogP contribution in [0.5, 0.6) is 5.88 Å². The SMILES string of the molecule is O=C(COc1ccccn1)NCc1ccc(F)cc1. The number of nitrogens with one attached hydrogen (secondary N) is 1. The molecule has 2 aromatic rings. The molecule has 1 amide bonds. The number of halogens is 1. The van der Waals surface area contributed by atoms with Crippen LogP contribution in [0.1, 0.15) is 5.56 Å². The average molecular weight is 260 g/mol. The molecule has 0 fully saturated rings. The van der Waals surface area contributed by atoms with Gasteiger partial charge in [0, 0.05) is 18.8 Å². The molecule has 0 atom stereocenters. The first-order valence-electron chi connectivity index (χ1n) is 5.79. The zero-order valence-electron chi connectivity index (χ0n) is 10.2. The topological polar surface area (TPSA) is 51.2 Å². The molecule has 4 nitrogen and oxygen atoms in total. The van der Waals surface area contributed by atoms with Gasteiger partial charge in [-0.2, -0.15) is 0 Å². The zero-order chi connectivity index (χ0) is 13.5. The predicted octanol–water partition coefficient (Wildman–Crippen LogP) is 1.92. The van der Waals surface area contributed by atoms with E-state index in [0.717, 1.165) is 5.56 Å². The minimum atomic E-state index is -0.298. The first-order valence-corrected chi connectivity index (χ1v) is 5.79. The Hall–Kier alpha value is -2.43. The molecule has 0 aliphatic heterocycles. The maximum Gasteiger partial charge on any atom is 0.258 e. The summed E-state index contributed by atoms with van der Waals surface area (Å²) in [5.41, 5.74) is 0.826. The van der Waals surface area contributed by atoms with Crippen molar-refractivity contribution in [2.24, 2.45) is 0 Å². The fraction of sp³-hybridized carbons (Fsp3) is 0.143. The minimum absolute atomic E-state index is 0.0990. The molecule has 1 aromatic carbocycles. The van der Waals surface area contributed by atoms with E-state index in [1.54, 1.807) is 36.5 Å². The normalized spacial score (nSPS) is 9.95. The summed E-state index contributed by atoms with van der Waals surface area (Å²) in [5, 5.41) is 2.67. The molecule has 1 N–H and O–H groups in total. The van der Waals surface area contributed by atoms with Crippen molar-refractivity contribution in [1.82, 2.24) is 10.3 Å². The van der Waals surface area contributed by atoms with Gasteiger partial charge in [0.25, 0.3) is 5.91 Å². The molecule has 19 heavy (non-hydrogen) atoms. The Bertz CT molecular complexity index is 529. The highest BCUT2D eigenvalue weighted by atomic mass is 19.1. The van der Waals surface area contributed by atoms with Gasteiger partial charge in [-0.15, -0.1) is 0 Å². The molecule has 0 aliphatic rings. The van der Waals surface area contributed by atoms with Gasteiger partial charge in [-0.3, -0.25) is 4.79 Å². The van der Waals surface area contributed by atoms with E-state index >= 15 is 0 Å². The third-order valence-corrected chi connectivity index (χ3v) is 2.39. The number of aromatic nitrogens is 1. The molecule has 0 aliphatic carbocycles. The standard InChI is InChI=1S/C14H13FN2O2/c15-12-6-4-11(5-7-12)9-17-13(18)10-19-14-3-1-2-8-16-14/h1-8H,9-10H2,(H,17,18). The largest absolute Gasteiger partial charge is 0.468 e. The molecule has 5 heteroatoms. The fourth-order valence-corrected chi connectivity index (χ4v) is 1.43. The summed E-state index contributed by atoms with van der Waals surface area (Å²) in [4.78, 5) is 15.5. The second-order valence-corrected chi connectivity index (χ2v) is 3.86. The Balaban J connectivity index is 1.74. The van der Waals surface area contributed by atoms with E-state index in [9.17, 15) is 9.18 Å². The summed E-state index contributed by atoms with van der Waals surface area (Å²) in [7, 11) is 0. The average Bonchev–Trinajstić information content (AvgIpc) is 2.45. The molecule has 0 bridgehead atoms. The molecular weight excluding hydrogens is 247 g/mol. The van der Waals surface area contributed by atoms with Crippen molar-refractivity contribution in [2.45, 2.75) is 6.54 Å². The lowest BCUT2D eigenvalue weighted by Gasteiger charge is -2.06. The van der Waals surface area contributed by atoms with E-state index in [4.69, 9.17) is 4.74 Å². The summed E-state index contributed by atoms with van der Waals surface area (Å²) >= 11 is 0. The molecule has 2 rings (SSSR count). The van der Waals surface area contributed by atoms with Gasteiger partial charge in [-0.1, -0.05) is 18.2 Å². The van der Waals surface area contributed by atoms with Crippen molar-refractivity contribution in [1.29, 1.82) is 0 Å². The number of pyridine rings is 1. The molecule has 0 spiro atoms. The molecule has 0 saturated heterocycles. The number of hydrogen-bond donors (Lipinski definition) is 1. The van der Waals surface area contributed by atoms with E-state index in [1.165, 1.54) is 12.1 Å². The van der Waals surface area contributed by atoms with Gasteiger partial charge >= 0.3 is 0 Å². The number of benzene rings is 1. The summed E-state index contributed by atoms with van der Waals surface area (Å²) in [6.45, 7) is 0.239. The van der Waals surface area contributed by atoms with Crippen LogP contribution in [-0.4, -0.2) is 17.5 Å². The number of ether oxygens (including phenoxy) is 1. The quantitative estimate of drug-likeness (QED) is 0.893. The maximum atomic E-state index is 12.7. The number of hydrogen-bond acceptors (Lipinski definition) is 3. The van der Waals surface area contributed by atoms with Crippen LogP contribution in [0.2, 0.25) is 0 Å². The van der Waals surface area contributed by atoms with E-state index in [2.05, 4.69) is 10.3 Å². The Labute approximate surface area is 110 Å². The second-order valence-electron chi connectivity index (χ2n) is 3.86. The van der Waals surface area contributed by atoms with Gasteiger partial charge in [0.1, 0.15) is 5.82 Å². The van der Waals surface area contributed by atoms with Crippen molar-refractivity contribution >= 4 is 5.91 Å². The Morgan fingerprint density at radius 2 is 2.00 bits per heavy atom. The number of amides is 1. The van der Waals surface area contributed by atoms with Crippen LogP contribution in [0.4, 0.5) is 4.39 Å². The van der Waals surface area contributed by atoms with Crippen LogP contribution in [0.25, 0.3) is 0 Å². The summed E-state index contributed by atoms with van der Waals surface area (Å²) in [6, 6.07) is 11.2. The van der Waals surface area contributed by atoms with E-state index in [0.29, 0.717) is 12.4 Å². The molecule has 1 aromatic heterocycles. The van der Waals surface area contributed by atoms with Crippen molar-refractivity contribution in [3.63, 3.8) is 0 Å². The minimum Gasteiger partial charge on any atom is -0.468 e. The van der Waals surface area contributed by atoms with E-state index in [-0.39, 0.29) is 18.3 Å². The van der Waals surface area contributed by atoms with Crippen molar-refractivity contribution in [3.05, 3.63) is 60.0 Å². The highest BCUT2D eigenvalue weighted by Crippen LogP contribution is 2.03. The van der Waals surface area contributed by atoms with E-state index in [1.807, 2.05) is 0 Å². The molecule has 0 radical (unpaired) electrons. The molecular formula is C14H13FN2O2. The van der Waals surface area contributed by atoms with Crippen molar-refractivity contribution in [2.75, 3.05) is 6.61 Å². The molecule has 0 saturated carbocycles. The number of carbonyl (C=O) groups excluding carboxylic acids is 1. The number of nitrogens with zero attached hydrogens (tertiary/aromatic N) is 1. The first kappa shape index (κ1) is 13.0. The number of carbonyl (C=O) groups is 1. The summed E-state index contributed by atoms with van der Waals surface area (Å²) < 4.78 is 17.9. The van der Waals surface area contributed by atoms with Gasteiger partial charge in [-0.25, -0.2) is 9.37 Å². The van der Waals surface area contributed by atoms with Crippen LogP contribution in [0, 0.1) is 5.82 Å². The van der Waals surface area contributed by atoms with Gasteiger partial charge in [-0.05, 0) is 23.8 Å². The monoisotopic (exact) mass is 260 g/mol. The van der Waals surface area contributed by atoms with Crippen molar-refractivity contribution < 1.29 is 13.9 Å². The van der Waals surface area contributed by atoms with Crippen LogP contribution < -0.4 is 10.1 Å². The zero-order valence-corrected chi connectivity index (χ0v) is 10.2. The highest BCUT2D eigenvalue weighted by molar-refractivity contribution is 5.77. The lowest BCUT2D eigenvalue weighted by atomic mass is 10.2. The summed E-state index contributed by atoms with van der Waals surface area (Å²) in [5.74, 6) is -0.150. The highest BCUT2D eigenvalue weighted by Gasteiger charge is 2.03. The lowest BCUT2D eigenvalue weighted by molar-refractivity contribution is -0.123. The van der Waals surface area contributed by atoms with Gasteiger partial charge in [0.15, 0.2) is 6.61 Å². The fourth-order valence-electron chi connectivity index (χ4n) is 1.43. The third kappa shape index (κ3) is 4.39. The predicted molar refractivity (Wildman–Crippen MR) is 68.0 cm³/mol. The molecule has 0 unspecified atom stereocenters. The Morgan fingerprint density at radius 3 is 2.68 bits per heavy atom. The lowest BCUT2D eigenvalue weighted by Crippen LogP contribution is -2.28. The van der Waals surface area contributed by atoms with E-state index < -0.39 is 0 Å². The molecule has 1 heterocycles. The Kier molecular flexibility index (Phi) is 4.44. The first-order chi connectivity index (χ1) is 9.24. The second kappa shape index (κ2) is 6.49. The Morgan fingerprint density at radius 1 is 1.21 bits per heavy atom. The van der Waals surface area contributed by atoms with Crippen LogP contribution >= 0.6 is 0 Å². The van der Waals surface area contributed by atoms with Gasteiger partial charge in [0.05, 0.1) is 0 Å². The van der Waals surface area contributed by atoms with Crippen LogP contribution in [-0.2, 0) is 11.3 Å². The van der Waals surface area contributed by atoms with Gasteiger partial charge in [0.2, 0.25) is 5.88 Å². The van der Waals surface area contributed by atoms with Gasteiger partial charge < -0.3 is 10.1 Å². The third-order valence-electron chi connectivity index (χ3n) is 2.39. The van der Waals surface area contributed by atoms with Crippen LogP contribution in [0.15, 0.2) is 48.7 Å². The van der Waals surface area contributed by atoms with Crippen LogP contribution in [0.3, 0.4) is 0 Å². The maximum absolute atomic E-state index is 12.7. The summed E-state index contributed by atoms with van der Waals surface area (Å²) in [6.07, 6.45) is 1.59. The number of rotatable bonds is 5.